The zero-order valence-corrected chi connectivity index (χ0v) is 12.0. The first-order valence-corrected chi connectivity index (χ1v) is 6.97. The Morgan fingerprint density at radius 2 is 2.05 bits per heavy atom. The fourth-order valence-electron chi connectivity index (χ4n) is 2.54. The van der Waals surface area contributed by atoms with E-state index in [4.69, 9.17) is 0 Å². The number of halogens is 2. The van der Waals surface area contributed by atoms with Crippen molar-refractivity contribution >= 4 is 0 Å². The molecule has 1 saturated carbocycles. The monoisotopic (exact) mass is 271 g/mol. The van der Waals surface area contributed by atoms with E-state index in [2.05, 4.69) is 15.1 Å². The Labute approximate surface area is 113 Å². The van der Waals surface area contributed by atoms with Gasteiger partial charge < -0.3 is 4.90 Å². The molecule has 0 aromatic carbocycles. The van der Waals surface area contributed by atoms with Gasteiger partial charge in [0, 0.05) is 18.0 Å². The molecule has 0 bridgehead atoms. The summed E-state index contributed by atoms with van der Waals surface area (Å²) in [5.41, 5.74) is 3.50. The van der Waals surface area contributed by atoms with Crippen LogP contribution < -0.4 is 0 Å². The van der Waals surface area contributed by atoms with E-state index >= 15 is 0 Å². The van der Waals surface area contributed by atoms with E-state index < -0.39 is 5.92 Å². The van der Waals surface area contributed by atoms with E-state index in [0.717, 1.165) is 37.3 Å². The molecule has 1 atom stereocenters. The first-order valence-electron chi connectivity index (χ1n) is 6.97. The number of aromatic nitrogens is 2. The maximum absolute atomic E-state index is 12.7. The SMILES string of the molecule is Cc1n[nH]c(C)c1CCCN(C)CC[C@@H]1CC1(F)F. The van der Waals surface area contributed by atoms with Crippen LogP contribution in [0.2, 0.25) is 0 Å². The molecule has 0 amide bonds. The summed E-state index contributed by atoms with van der Waals surface area (Å²) in [6.45, 7) is 5.76. The Bertz CT molecular complexity index is 409. The van der Waals surface area contributed by atoms with Crippen molar-refractivity contribution < 1.29 is 8.78 Å². The van der Waals surface area contributed by atoms with Crippen molar-refractivity contribution in [1.29, 1.82) is 0 Å². The zero-order valence-electron chi connectivity index (χ0n) is 12.0. The molecule has 1 aromatic rings. The average molecular weight is 271 g/mol. The smallest absolute Gasteiger partial charge is 0.251 e. The van der Waals surface area contributed by atoms with Crippen molar-refractivity contribution in [2.45, 2.75) is 45.5 Å². The Kier molecular flexibility index (Phi) is 4.23. The number of nitrogens with one attached hydrogen (secondary N) is 1. The largest absolute Gasteiger partial charge is 0.306 e. The Balaban J connectivity index is 1.63. The number of hydrogen-bond acceptors (Lipinski definition) is 2. The summed E-state index contributed by atoms with van der Waals surface area (Å²) >= 11 is 0. The van der Waals surface area contributed by atoms with Gasteiger partial charge >= 0.3 is 0 Å². The third-order valence-corrected chi connectivity index (χ3v) is 4.06. The molecule has 5 heteroatoms. The van der Waals surface area contributed by atoms with Crippen LogP contribution in [0.5, 0.6) is 0 Å². The number of rotatable bonds is 7. The summed E-state index contributed by atoms with van der Waals surface area (Å²) in [6.07, 6.45) is 2.75. The fraction of sp³-hybridized carbons (Fsp3) is 0.786. The molecule has 19 heavy (non-hydrogen) atoms. The van der Waals surface area contributed by atoms with Crippen molar-refractivity contribution in [1.82, 2.24) is 15.1 Å². The van der Waals surface area contributed by atoms with Crippen LogP contribution in [0.1, 0.15) is 36.2 Å². The predicted molar refractivity (Wildman–Crippen MR) is 71.6 cm³/mol. The Morgan fingerprint density at radius 3 is 2.58 bits per heavy atom. The molecule has 1 aromatic heterocycles. The van der Waals surface area contributed by atoms with E-state index in [9.17, 15) is 8.78 Å². The van der Waals surface area contributed by atoms with Gasteiger partial charge in [-0.3, -0.25) is 5.10 Å². The van der Waals surface area contributed by atoms with Crippen molar-refractivity contribution in [3.05, 3.63) is 17.0 Å². The molecule has 1 heterocycles. The third kappa shape index (κ3) is 3.75. The lowest BCUT2D eigenvalue weighted by molar-refractivity contribution is 0.0945. The lowest BCUT2D eigenvalue weighted by Crippen LogP contribution is -2.22. The van der Waals surface area contributed by atoms with Crippen molar-refractivity contribution in [3.8, 4) is 0 Å². The molecule has 3 nitrogen and oxygen atoms in total. The second-order valence-electron chi connectivity index (χ2n) is 5.77. The summed E-state index contributed by atoms with van der Waals surface area (Å²) < 4.78 is 25.5. The van der Waals surface area contributed by atoms with E-state index in [1.165, 1.54) is 5.56 Å². The molecule has 1 N–H and O–H groups in total. The van der Waals surface area contributed by atoms with Crippen molar-refractivity contribution in [2.75, 3.05) is 20.1 Å². The fourth-order valence-corrected chi connectivity index (χ4v) is 2.54. The standard InChI is InChI=1S/C14H23F2N3/c1-10-13(11(2)18-17-10)5-4-7-19(3)8-6-12-9-14(12,15)16/h12H,4-9H2,1-3H3,(H,17,18)/t12-/m1/s1. The molecular formula is C14H23F2N3. The Hall–Kier alpha value is -0.970. The molecule has 2 rings (SSSR count). The quantitative estimate of drug-likeness (QED) is 0.827. The van der Waals surface area contributed by atoms with Gasteiger partial charge in [0.1, 0.15) is 0 Å². The average Bonchev–Trinajstić information content (AvgIpc) is 2.84. The molecule has 0 unspecified atom stereocenters. The van der Waals surface area contributed by atoms with Gasteiger partial charge in [0.05, 0.1) is 5.69 Å². The highest BCUT2D eigenvalue weighted by Gasteiger charge is 2.55. The van der Waals surface area contributed by atoms with Crippen LogP contribution in [0.4, 0.5) is 8.78 Å². The second kappa shape index (κ2) is 5.57. The molecule has 0 radical (unpaired) electrons. The van der Waals surface area contributed by atoms with Crippen molar-refractivity contribution in [2.24, 2.45) is 5.92 Å². The first-order chi connectivity index (χ1) is 8.90. The lowest BCUT2D eigenvalue weighted by Gasteiger charge is -2.16. The van der Waals surface area contributed by atoms with Gasteiger partial charge in [-0.2, -0.15) is 5.10 Å². The van der Waals surface area contributed by atoms with E-state index in [-0.39, 0.29) is 12.3 Å². The molecular weight excluding hydrogens is 248 g/mol. The number of H-pyrrole nitrogens is 1. The Morgan fingerprint density at radius 1 is 1.37 bits per heavy atom. The molecule has 1 fully saturated rings. The lowest BCUT2D eigenvalue weighted by atomic mass is 10.1. The van der Waals surface area contributed by atoms with Gasteiger partial charge in [0.25, 0.3) is 5.92 Å². The number of hydrogen-bond donors (Lipinski definition) is 1. The van der Waals surface area contributed by atoms with Crippen LogP contribution >= 0.6 is 0 Å². The summed E-state index contributed by atoms with van der Waals surface area (Å²) in [5.74, 6) is -2.74. The maximum Gasteiger partial charge on any atom is 0.251 e. The highest BCUT2D eigenvalue weighted by molar-refractivity contribution is 5.23. The molecule has 1 aliphatic rings. The van der Waals surface area contributed by atoms with Gasteiger partial charge in [-0.1, -0.05) is 0 Å². The third-order valence-electron chi connectivity index (χ3n) is 4.06. The van der Waals surface area contributed by atoms with Gasteiger partial charge in [0.15, 0.2) is 0 Å². The van der Waals surface area contributed by atoms with Gasteiger partial charge in [0.2, 0.25) is 0 Å². The molecule has 0 spiro atoms. The highest BCUT2D eigenvalue weighted by Crippen LogP contribution is 2.50. The van der Waals surface area contributed by atoms with E-state index in [1.54, 1.807) is 0 Å². The topological polar surface area (TPSA) is 31.9 Å². The van der Waals surface area contributed by atoms with E-state index in [0.29, 0.717) is 6.42 Å². The predicted octanol–water partition coefficient (Wildman–Crippen LogP) is 2.94. The summed E-state index contributed by atoms with van der Waals surface area (Å²) in [7, 11) is 2.01. The van der Waals surface area contributed by atoms with Crippen LogP contribution in [0.25, 0.3) is 0 Å². The van der Waals surface area contributed by atoms with Crippen LogP contribution in [-0.2, 0) is 6.42 Å². The van der Waals surface area contributed by atoms with Crippen LogP contribution in [0.15, 0.2) is 0 Å². The molecule has 0 aliphatic heterocycles. The first kappa shape index (κ1) is 14.4. The minimum Gasteiger partial charge on any atom is -0.306 e. The summed E-state index contributed by atoms with van der Waals surface area (Å²) in [6, 6.07) is 0. The minimum atomic E-state index is -2.37. The molecule has 108 valence electrons. The minimum absolute atomic E-state index is 0.0915. The normalized spacial score (nSPS) is 21.1. The number of aromatic amines is 1. The number of aryl methyl sites for hydroxylation is 2. The highest BCUT2D eigenvalue weighted by atomic mass is 19.3. The zero-order chi connectivity index (χ0) is 14.0. The molecule has 1 aliphatic carbocycles. The van der Waals surface area contributed by atoms with Crippen molar-refractivity contribution in [3.63, 3.8) is 0 Å². The van der Waals surface area contributed by atoms with Gasteiger partial charge in [-0.15, -0.1) is 0 Å². The van der Waals surface area contributed by atoms with Gasteiger partial charge in [-0.25, -0.2) is 8.78 Å². The molecule has 0 saturated heterocycles. The van der Waals surface area contributed by atoms with Gasteiger partial charge in [-0.05, 0) is 58.8 Å². The maximum atomic E-state index is 12.7. The summed E-state index contributed by atoms with van der Waals surface area (Å²) in [4.78, 5) is 2.15. The van der Waals surface area contributed by atoms with Crippen LogP contribution in [-0.4, -0.2) is 41.2 Å². The number of alkyl halides is 2. The number of nitrogens with zero attached hydrogens (tertiary/aromatic N) is 2. The van der Waals surface area contributed by atoms with Crippen LogP contribution in [0.3, 0.4) is 0 Å². The summed E-state index contributed by atoms with van der Waals surface area (Å²) in [5, 5.41) is 7.16. The van der Waals surface area contributed by atoms with E-state index in [1.807, 2.05) is 20.9 Å². The second-order valence-corrected chi connectivity index (χ2v) is 5.77. The van der Waals surface area contributed by atoms with Crippen LogP contribution in [0, 0.1) is 19.8 Å².